The zero-order valence-corrected chi connectivity index (χ0v) is 14.4. The van der Waals surface area contributed by atoms with Gasteiger partial charge in [0.15, 0.2) is 0 Å². The fourth-order valence-electron chi connectivity index (χ4n) is 2.82. The third-order valence-electron chi connectivity index (χ3n) is 4.09. The topological polar surface area (TPSA) is 29.5 Å². The minimum absolute atomic E-state index is 0.168. The van der Waals surface area contributed by atoms with Gasteiger partial charge in [-0.05, 0) is 55.7 Å². The van der Waals surface area contributed by atoms with Crippen LogP contribution in [0.1, 0.15) is 17.5 Å². The molecule has 3 nitrogen and oxygen atoms in total. The molecule has 0 fully saturated rings. The number of fused-ring (bicyclic) bond motifs is 1. The van der Waals surface area contributed by atoms with Crippen molar-refractivity contribution in [2.45, 2.75) is 24.7 Å². The van der Waals surface area contributed by atoms with E-state index in [2.05, 4.69) is 31.2 Å². The van der Waals surface area contributed by atoms with Crippen molar-refractivity contribution in [1.82, 2.24) is 0 Å². The average molecular weight is 327 g/mol. The maximum absolute atomic E-state index is 12.6. The van der Waals surface area contributed by atoms with E-state index < -0.39 is 0 Å². The molecule has 2 aromatic rings. The van der Waals surface area contributed by atoms with Crippen molar-refractivity contribution >= 4 is 23.4 Å². The number of rotatable bonds is 4. The molecule has 0 atom stereocenters. The number of aryl methyl sites for hydroxylation is 2. The highest BCUT2D eigenvalue weighted by Gasteiger charge is 2.22. The van der Waals surface area contributed by atoms with Crippen LogP contribution in [0, 0.1) is 6.92 Å². The molecule has 0 bridgehead atoms. The lowest BCUT2D eigenvalue weighted by molar-refractivity contribution is -0.116. The van der Waals surface area contributed by atoms with Crippen molar-refractivity contribution in [3.05, 3.63) is 53.6 Å². The molecule has 0 unspecified atom stereocenters. The summed E-state index contributed by atoms with van der Waals surface area (Å²) < 4.78 is 5.28. The van der Waals surface area contributed by atoms with Crippen molar-refractivity contribution < 1.29 is 9.53 Å². The maximum atomic E-state index is 12.6. The Balaban J connectivity index is 1.70. The smallest absolute Gasteiger partial charge is 0.237 e. The molecule has 1 aliphatic rings. The monoisotopic (exact) mass is 327 g/mol. The van der Waals surface area contributed by atoms with E-state index in [1.165, 1.54) is 11.1 Å². The molecule has 23 heavy (non-hydrogen) atoms. The van der Waals surface area contributed by atoms with Crippen LogP contribution >= 0.6 is 11.8 Å². The Labute approximate surface area is 141 Å². The number of amides is 1. The summed E-state index contributed by atoms with van der Waals surface area (Å²) in [4.78, 5) is 15.7. The zero-order chi connectivity index (χ0) is 16.2. The molecule has 0 spiro atoms. The van der Waals surface area contributed by atoms with Crippen LogP contribution in [-0.2, 0) is 11.2 Å². The van der Waals surface area contributed by atoms with Gasteiger partial charge in [-0.25, -0.2) is 0 Å². The quantitative estimate of drug-likeness (QED) is 0.793. The summed E-state index contributed by atoms with van der Waals surface area (Å²) in [5, 5.41) is 0. The fourth-order valence-corrected chi connectivity index (χ4v) is 3.59. The molecule has 1 heterocycles. The lowest BCUT2D eigenvalue weighted by Gasteiger charge is -2.29. The van der Waals surface area contributed by atoms with E-state index in [4.69, 9.17) is 4.74 Å². The Morgan fingerprint density at radius 3 is 2.74 bits per heavy atom. The van der Waals surface area contributed by atoms with Crippen LogP contribution in [0.15, 0.2) is 47.4 Å². The Bertz CT molecular complexity index is 697. The van der Waals surface area contributed by atoms with Gasteiger partial charge in [0, 0.05) is 17.1 Å². The SMILES string of the molecule is COc1ccc2c(c1)CCCN2C(=O)CSc1ccc(C)cc1. The van der Waals surface area contributed by atoms with E-state index in [-0.39, 0.29) is 5.91 Å². The molecule has 120 valence electrons. The maximum Gasteiger partial charge on any atom is 0.237 e. The van der Waals surface area contributed by atoms with Gasteiger partial charge < -0.3 is 9.64 Å². The molecule has 0 aliphatic carbocycles. The van der Waals surface area contributed by atoms with Crippen LogP contribution < -0.4 is 9.64 Å². The molecule has 0 radical (unpaired) electrons. The summed E-state index contributed by atoms with van der Waals surface area (Å²) in [6.45, 7) is 2.87. The van der Waals surface area contributed by atoms with Crippen LogP contribution in [0.3, 0.4) is 0 Å². The highest BCUT2D eigenvalue weighted by atomic mass is 32.2. The second-order valence-corrected chi connectivity index (χ2v) is 6.79. The number of benzene rings is 2. The van der Waals surface area contributed by atoms with Gasteiger partial charge in [0.2, 0.25) is 5.91 Å². The lowest BCUT2D eigenvalue weighted by Crippen LogP contribution is -2.36. The summed E-state index contributed by atoms with van der Waals surface area (Å²) in [7, 11) is 1.67. The molecule has 3 rings (SSSR count). The zero-order valence-electron chi connectivity index (χ0n) is 13.5. The predicted molar refractivity (Wildman–Crippen MR) is 95.6 cm³/mol. The number of methoxy groups -OCH3 is 1. The normalized spacial score (nSPS) is 13.6. The minimum atomic E-state index is 0.168. The third kappa shape index (κ3) is 3.70. The van der Waals surface area contributed by atoms with Gasteiger partial charge in [0.1, 0.15) is 5.75 Å². The summed E-state index contributed by atoms with van der Waals surface area (Å²) in [5.41, 5.74) is 3.47. The molecule has 1 amide bonds. The van der Waals surface area contributed by atoms with Crippen LogP contribution in [0.5, 0.6) is 5.75 Å². The number of carbonyl (C=O) groups is 1. The van der Waals surface area contributed by atoms with Crippen molar-refractivity contribution in [2.24, 2.45) is 0 Å². The van der Waals surface area contributed by atoms with E-state index in [1.807, 2.05) is 23.1 Å². The molecular formula is C19H21NO2S. The largest absolute Gasteiger partial charge is 0.497 e. The lowest BCUT2D eigenvalue weighted by atomic mass is 10.0. The standard InChI is InChI=1S/C19H21NO2S/c1-14-5-8-17(9-6-14)23-13-19(21)20-11-3-4-15-12-16(22-2)7-10-18(15)20/h5-10,12H,3-4,11,13H2,1-2H3. The van der Waals surface area contributed by atoms with E-state index in [9.17, 15) is 4.79 Å². The van der Waals surface area contributed by atoms with Crippen molar-refractivity contribution in [2.75, 3.05) is 24.3 Å². The van der Waals surface area contributed by atoms with Crippen LogP contribution in [0.2, 0.25) is 0 Å². The van der Waals surface area contributed by atoms with Crippen LogP contribution in [0.4, 0.5) is 5.69 Å². The Morgan fingerprint density at radius 1 is 1.22 bits per heavy atom. The van der Waals surface area contributed by atoms with Crippen molar-refractivity contribution in [3.63, 3.8) is 0 Å². The number of nitrogens with zero attached hydrogens (tertiary/aromatic N) is 1. The number of anilines is 1. The molecule has 4 heteroatoms. The highest BCUT2D eigenvalue weighted by molar-refractivity contribution is 8.00. The van der Waals surface area contributed by atoms with E-state index in [0.717, 1.165) is 35.7 Å². The number of thioether (sulfide) groups is 1. The summed E-state index contributed by atoms with van der Waals surface area (Å²) in [5.74, 6) is 1.49. The van der Waals surface area contributed by atoms with E-state index >= 15 is 0 Å². The average Bonchev–Trinajstić information content (AvgIpc) is 2.60. The first-order valence-electron chi connectivity index (χ1n) is 7.84. The molecule has 1 aliphatic heterocycles. The molecule has 0 saturated carbocycles. The van der Waals surface area contributed by atoms with Gasteiger partial charge in [-0.15, -0.1) is 11.8 Å². The predicted octanol–water partition coefficient (Wildman–Crippen LogP) is 4.08. The van der Waals surface area contributed by atoms with Gasteiger partial charge in [0.25, 0.3) is 0 Å². The molecule has 0 saturated heterocycles. The van der Waals surface area contributed by atoms with Crippen LogP contribution in [-0.4, -0.2) is 25.3 Å². The first-order chi connectivity index (χ1) is 11.2. The number of hydrogen-bond donors (Lipinski definition) is 0. The van der Waals surface area contributed by atoms with E-state index in [0.29, 0.717) is 5.75 Å². The Morgan fingerprint density at radius 2 is 2.00 bits per heavy atom. The third-order valence-corrected chi connectivity index (χ3v) is 5.09. The second-order valence-electron chi connectivity index (χ2n) is 5.75. The summed E-state index contributed by atoms with van der Waals surface area (Å²) in [6, 6.07) is 14.3. The van der Waals surface area contributed by atoms with Gasteiger partial charge in [-0.3, -0.25) is 4.79 Å². The van der Waals surface area contributed by atoms with Gasteiger partial charge >= 0.3 is 0 Å². The Hall–Kier alpha value is -1.94. The van der Waals surface area contributed by atoms with E-state index in [1.54, 1.807) is 18.9 Å². The van der Waals surface area contributed by atoms with Crippen molar-refractivity contribution in [1.29, 1.82) is 0 Å². The first kappa shape index (κ1) is 15.9. The molecule has 0 N–H and O–H groups in total. The molecule has 0 aromatic heterocycles. The summed E-state index contributed by atoms with van der Waals surface area (Å²) >= 11 is 1.60. The highest BCUT2D eigenvalue weighted by Crippen LogP contribution is 2.31. The minimum Gasteiger partial charge on any atom is -0.497 e. The van der Waals surface area contributed by atoms with Gasteiger partial charge in [-0.2, -0.15) is 0 Å². The molecular weight excluding hydrogens is 306 g/mol. The van der Waals surface area contributed by atoms with Gasteiger partial charge in [-0.1, -0.05) is 17.7 Å². The van der Waals surface area contributed by atoms with Crippen LogP contribution in [0.25, 0.3) is 0 Å². The number of hydrogen-bond acceptors (Lipinski definition) is 3. The second kappa shape index (κ2) is 7.09. The summed E-state index contributed by atoms with van der Waals surface area (Å²) in [6.07, 6.45) is 2.00. The molecule has 2 aromatic carbocycles. The Kier molecular flexibility index (Phi) is 4.91. The van der Waals surface area contributed by atoms with Crippen molar-refractivity contribution in [3.8, 4) is 5.75 Å². The number of carbonyl (C=O) groups excluding carboxylic acids is 1. The first-order valence-corrected chi connectivity index (χ1v) is 8.82. The number of ether oxygens (including phenoxy) is 1. The van der Waals surface area contributed by atoms with Gasteiger partial charge in [0.05, 0.1) is 12.9 Å². The fraction of sp³-hybridized carbons (Fsp3) is 0.316.